The van der Waals surface area contributed by atoms with Crippen molar-refractivity contribution in [2.45, 2.75) is 25.6 Å². The maximum Gasteiger partial charge on any atom is 0.410 e. The van der Waals surface area contributed by atoms with Gasteiger partial charge in [-0.2, -0.15) is 0 Å². The van der Waals surface area contributed by atoms with Crippen LogP contribution >= 0.6 is 23.2 Å². The van der Waals surface area contributed by atoms with Crippen LogP contribution in [0.3, 0.4) is 0 Å². The number of rotatable bonds is 5. The predicted molar refractivity (Wildman–Crippen MR) is 117 cm³/mol. The number of hydrogen-bond acceptors (Lipinski definition) is 6. The van der Waals surface area contributed by atoms with Crippen LogP contribution in [0.1, 0.15) is 28.8 Å². The molecule has 1 aliphatic heterocycles. The zero-order valence-corrected chi connectivity index (χ0v) is 18.4. The van der Waals surface area contributed by atoms with Gasteiger partial charge in [0.2, 0.25) is 0 Å². The van der Waals surface area contributed by atoms with E-state index in [4.69, 9.17) is 32.7 Å². The SMILES string of the molecule is O=C(OC1CC2CN(C(=O)OCc3cc(Cl)cc(Cl)c3)CC2C1)c1ccc([N+](=O)[O-])cc1. The maximum atomic E-state index is 12.4. The largest absolute Gasteiger partial charge is 0.459 e. The van der Waals surface area contributed by atoms with Crippen molar-refractivity contribution in [3.63, 3.8) is 0 Å². The zero-order valence-electron chi connectivity index (χ0n) is 16.9. The standard InChI is InChI=1S/C22H20Cl2N2O6/c23-17-5-13(6-18(24)9-17)12-31-22(28)25-10-15-7-20(8-16(15)11-25)32-21(27)14-1-3-19(4-2-14)26(29)30/h1-6,9,15-16,20H,7-8,10-12H2. The van der Waals surface area contributed by atoms with Gasteiger partial charge in [0.25, 0.3) is 5.69 Å². The fourth-order valence-corrected chi connectivity index (χ4v) is 4.93. The highest BCUT2D eigenvalue weighted by atomic mass is 35.5. The Morgan fingerprint density at radius 1 is 1.03 bits per heavy atom. The van der Waals surface area contributed by atoms with Crippen molar-refractivity contribution in [1.82, 2.24) is 4.90 Å². The van der Waals surface area contributed by atoms with Crippen molar-refractivity contribution in [2.24, 2.45) is 11.8 Å². The van der Waals surface area contributed by atoms with Gasteiger partial charge in [0.1, 0.15) is 12.7 Å². The Morgan fingerprint density at radius 2 is 1.62 bits per heavy atom. The molecule has 168 valence electrons. The zero-order chi connectivity index (χ0) is 22.8. The molecule has 1 heterocycles. The molecule has 0 radical (unpaired) electrons. The Balaban J connectivity index is 1.25. The minimum absolute atomic E-state index is 0.0811. The van der Waals surface area contributed by atoms with E-state index in [-0.39, 0.29) is 35.8 Å². The molecule has 0 spiro atoms. The summed E-state index contributed by atoms with van der Waals surface area (Å²) >= 11 is 11.9. The van der Waals surface area contributed by atoms with E-state index in [1.165, 1.54) is 24.3 Å². The fourth-order valence-electron chi connectivity index (χ4n) is 4.36. The summed E-state index contributed by atoms with van der Waals surface area (Å²) < 4.78 is 11.0. The van der Waals surface area contributed by atoms with Crippen molar-refractivity contribution in [2.75, 3.05) is 13.1 Å². The number of nitro benzene ring substituents is 1. The normalized spacial score (nSPS) is 21.8. The number of fused-ring (bicyclic) bond motifs is 1. The van der Waals surface area contributed by atoms with Gasteiger partial charge in [0.15, 0.2) is 0 Å². The van der Waals surface area contributed by atoms with E-state index >= 15 is 0 Å². The number of hydrogen-bond donors (Lipinski definition) is 0. The highest BCUT2D eigenvalue weighted by Crippen LogP contribution is 2.40. The van der Waals surface area contributed by atoms with Crippen LogP contribution in [0.4, 0.5) is 10.5 Å². The van der Waals surface area contributed by atoms with Gasteiger partial charge in [0.05, 0.1) is 10.5 Å². The average Bonchev–Trinajstić information content (AvgIpc) is 3.30. The van der Waals surface area contributed by atoms with Crippen molar-refractivity contribution in [3.8, 4) is 0 Å². The number of esters is 1. The lowest BCUT2D eigenvalue weighted by Gasteiger charge is -2.19. The van der Waals surface area contributed by atoms with Gasteiger partial charge >= 0.3 is 12.1 Å². The molecule has 0 aromatic heterocycles. The average molecular weight is 479 g/mol. The Labute approximate surface area is 194 Å². The molecule has 1 saturated heterocycles. The highest BCUT2D eigenvalue weighted by Gasteiger charge is 2.44. The third-order valence-electron chi connectivity index (χ3n) is 5.84. The second kappa shape index (κ2) is 9.34. The number of amides is 1. The monoisotopic (exact) mass is 478 g/mol. The number of non-ortho nitro benzene ring substituents is 1. The fraction of sp³-hybridized carbons (Fsp3) is 0.364. The maximum absolute atomic E-state index is 12.4. The molecule has 0 N–H and O–H groups in total. The summed E-state index contributed by atoms with van der Waals surface area (Å²) in [6, 6.07) is 10.3. The van der Waals surface area contributed by atoms with Crippen LogP contribution in [0.5, 0.6) is 0 Å². The number of carbonyl (C=O) groups excluding carboxylic acids is 2. The van der Waals surface area contributed by atoms with Crippen molar-refractivity contribution >= 4 is 41.0 Å². The Hall–Kier alpha value is -2.84. The van der Waals surface area contributed by atoms with Gasteiger partial charge in [-0.05, 0) is 60.6 Å². The van der Waals surface area contributed by atoms with Gasteiger partial charge in [-0.1, -0.05) is 23.2 Å². The third-order valence-corrected chi connectivity index (χ3v) is 6.27. The number of halogens is 2. The van der Waals surface area contributed by atoms with Gasteiger partial charge in [0, 0.05) is 35.3 Å². The van der Waals surface area contributed by atoms with Gasteiger partial charge < -0.3 is 14.4 Å². The first kappa shape index (κ1) is 22.4. The number of nitro groups is 1. The summed E-state index contributed by atoms with van der Waals surface area (Å²) in [6.45, 7) is 1.18. The van der Waals surface area contributed by atoms with Crippen molar-refractivity contribution < 1.29 is 24.0 Å². The van der Waals surface area contributed by atoms with Gasteiger partial charge in [-0.15, -0.1) is 0 Å². The van der Waals surface area contributed by atoms with E-state index in [1.54, 1.807) is 23.1 Å². The molecule has 4 rings (SSSR count). The molecule has 1 aliphatic carbocycles. The Kier molecular flexibility index (Phi) is 6.53. The summed E-state index contributed by atoms with van der Waals surface area (Å²) in [5.41, 5.74) is 0.912. The molecule has 2 unspecified atom stereocenters. The van der Waals surface area contributed by atoms with E-state index in [2.05, 4.69) is 0 Å². The van der Waals surface area contributed by atoms with Crippen LogP contribution in [0, 0.1) is 22.0 Å². The molecular weight excluding hydrogens is 459 g/mol. The van der Waals surface area contributed by atoms with Crippen LogP contribution in [0.15, 0.2) is 42.5 Å². The number of ether oxygens (including phenoxy) is 2. The third kappa shape index (κ3) is 5.14. The van der Waals surface area contributed by atoms with E-state index in [0.717, 1.165) is 0 Å². The summed E-state index contributed by atoms with van der Waals surface area (Å²) in [5.74, 6) is -0.0306. The quantitative estimate of drug-likeness (QED) is 0.336. The first-order valence-corrected chi connectivity index (χ1v) is 10.9. The van der Waals surface area contributed by atoms with Crippen LogP contribution in [0.2, 0.25) is 10.0 Å². The molecular formula is C22H20Cl2N2O6. The van der Waals surface area contributed by atoms with Crippen LogP contribution < -0.4 is 0 Å². The molecule has 2 aliphatic rings. The number of carbonyl (C=O) groups is 2. The minimum Gasteiger partial charge on any atom is -0.459 e. The number of nitrogens with zero attached hydrogens (tertiary/aromatic N) is 2. The summed E-state index contributed by atoms with van der Waals surface area (Å²) in [4.78, 5) is 36.7. The Bertz CT molecular complexity index is 1010. The summed E-state index contributed by atoms with van der Waals surface area (Å²) in [6.07, 6.45) is 0.697. The van der Waals surface area contributed by atoms with E-state index in [9.17, 15) is 19.7 Å². The molecule has 1 amide bonds. The van der Waals surface area contributed by atoms with E-state index in [0.29, 0.717) is 41.5 Å². The molecule has 32 heavy (non-hydrogen) atoms. The molecule has 10 heteroatoms. The smallest absolute Gasteiger partial charge is 0.410 e. The van der Waals surface area contributed by atoms with E-state index in [1.807, 2.05) is 0 Å². The molecule has 1 saturated carbocycles. The summed E-state index contributed by atoms with van der Waals surface area (Å²) in [5, 5.41) is 11.7. The second-order valence-corrected chi connectivity index (χ2v) is 8.93. The first-order valence-electron chi connectivity index (χ1n) is 10.1. The number of benzene rings is 2. The van der Waals surface area contributed by atoms with Crippen LogP contribution in [0.25, 0.3) is 0 Å². The molecule has 8 nitrogen and oxygen atoms in total. The van der Waals surface area contributed by atoms with Crippen molar-refractivity contribution in [3.05, 3.63) is 73.8 Å². The minimum atomic E-state index is -0.520. The highest BCUT2D eigenvalue weighted by molar-refractivity contribution is 6.34. The van der Waals surface area contributed by atoms with Crippen LogP contribution in [-0.4, -0.2) is 41.1 Å². The predicted octanol–water partition coefficient (Wildman–Crippen LogP) is 5.11. The first-order chi connectivity index (χ1) is 15.3. The topological polar surface area (TPSA) is 99.0 Å². The van der Waals surface area contributed by atoms with Crippen molar-refractivity contribution in [1.29, 1.82) is 0 Å². The van der Waals surface area contributed by atoms with Gasteiger partial charge in [-0.25, -0.2) is 9.59 Å². The van der Waals surface area contributed by atoms with E-state index < -0.39 is 17.0 Å². The molecule has 0 bridgehead atoms. The Morgan fingerprint density at radius 3 is 2.19 bits per heavy atom. The lowest BCUT2D eigenvalue weighted by molar-refractivity contribution is -0.384. The van der Waals surface area contributed by atoms with Crippen LogP contribution in [-0.2, 0) is 16.1 Å². The molecule has 2 aromatic carbocycles. The molecule has 2 fully saturated rings. The molecule has 2 atom stereocenters. The molecule has 2 aromatic rings. The second-order valence-electron chi connectivity index (χ2n) is 8.06. The lowest BCUT2D eigenvalue weighted by atomic mass is 10.0. The number of likely N-dealkylation sites (tertiary alicyclic amines) is 1. The van der Waals surface area contributed by atoms with Gasteiger partial charge in [-0.3, -0.25) is 10.1 Å². The lowest BCUT2D eigenvalue weighted by Crippen LogP contribution is -2.31. The summed E-state index contributed by atoms with van der Waals surface area (Å²) in [7, 11) is 0.